The predicted molar refractivity (Wildman–Crippen MR) is 138 cm³/mol. The molecule has 1 saturated carbocycles. The van der Waals surface area contributed by atoms with Gasteiger partial charge in [0.2, 0.25) is 0 Å². The van der Waals surface area contributed by atoms with Gasteiger partial charge in [-0.2, -0.15) is 0 Å². The number of hydrogen-bond acceptors (Lipinski definition) is 6. The Morgan fingerprint density at radius 3 is 2.49 bits per heavy atom. The summed E-state index contributed by atoms with van der Waals surface area (Å²) < 4.78 is 26.1. The Bertz CT molecular complexity index is 1220. The minimum Gasteiger partial charge on any atom is -0.496 e. The van der Waals surface area contributed by atoms with Crippen molar-refractivity contribution in [3.05, 3.63) is 59.5 Å². The summed E-state index contributed by atoms with van der Waals surface area (Å²) in [7, 11) is 2.88. The maximum absolute atomic E-state index is 15.3. The summed E-state index contributed by atoms with van der Waals surface area (Å²) in [6.45, 7) is 6.77. The van der Waals surface area contributed by atoms with Crippen molar-refractivity contribution in [2.75, 3.05) is 31.4 Å². The summed E-state index contributed by atoms with van der Waals surface area (Å²) in [5.41, 5.74) is 3.99. The van der Waals surface area contributed by atoms with Crippen molar-refractivity contribution >= 4 is 17.5 Å². The second-order valence-corrected chi connectivity index (χ2v) is 9.25. The first-order valence-electron chi connectivity index (χ1n) is 11.9. The zero-order valence-electron chi connectivity index (χ0n) is 20.9. The van der Waals surface area contributed by atoms with Gasteiger partial charge >= 0.3 is 5.97 Å². The van der Waals surface area contributed by atoms with Crippen molar-refractivity contribution in [3.63, 3.8) is 0 Å². The highest BCUT2D eigenvalue weighted by molar-refractivity contribution is 6.01. The van der Waals surface area contributed by atoms with E-state index >= 15 is 4.39 Å². The average Bonchev–Trinajstić information content (AvgIpc) is 3.67. The van der Waals surface area contributed by atoms with Crippen molar-refractivity contribution < 1.29 is 18.7 Å². The van der Waals surface area contributed by atoms with Gasteiger partial charge in [0.1, 0.15) is 17.4 Å². The summed E-state index contributed by atoms with van der Waals surface area (Å²) in [4.78, 5) is 17.3. The van der Waals surface area contributed by atoms with Crippen LogP contribution in [0.25, 0.3) is 22.3 Å². The van der Waals surface area contributed by atoms with E-state index in [1.54, 1.807) is 25.4 Å². The lowest BCUT2D eigenvalue weighted by molar-refractivity contribution is 0.0601. The minimum absolute atomic E-state index is 0.241. The van der Waals surface area contributed by atoms with E-state index in [0.717, 1.165) is 23.6 Å². The highest BCUT2D eigenvalue weighted by Crippen LogP contribution is 2.42. The second-order valence-electron chi connectivity index (χ2n) is 9.25. The molecule has 3 aromatic rings. The minimum atomic E-state index is -0.514. The molecular formula is C28H32FN3O3. The Morgan fingerprint density at radius 1 is 1.14 bits per heavy atom. The summed E-state index contributed by atoms with van der Waals surface area (Å²) >= 11 is 0. The lowest BCUT2D eigenvalue weighted by Crippen LogP contribution is -2.11. The largest absolute Gasteiger partial charge is 0.496 e. The standard InChI is InChI=1S/C28H32FN3O3/c1-16(2)32-25-11-8-19(15-31-25)26-17(3)27(34-4)22(13-23(26)28(33)35-5)21-10-9-20(12-24(21)29)30-14-18-6-7-18/h8-13,15-16,18,30H,6-7,14H2,1-5H3,(H,31,32). The predicted octanol–water partition coefficient (Wildman–Crippen LogP) is 6.30. The van der Waals surface area contributed by atoms with Gasteiger partial charge < -0.3 is 20.1 Å². The Balaban J connectivity index is 1.80. The Labute approximate surface area is 205 Å². The molecule has 0 amide bonds. The third-order valence-corrected chi connectivity index (χ3v) is 6.17. The molecule has 7 heteroatoms. The molecule has 1 aromatic heterocycles. The number of carbonyl (C=O) groups is 1. The number of hydrogen-bond donors (Lipinski definition) is 2. The van der Waals surface area contributed by atoms with Crippen LogP contribution in [0.2, 0.25) is 0 Å². The van der Waals surface area contributed by atoms with Crippen LogP contribution in [-0.2, 0) is 4.74 Å². The third-order valence-electron chi connectivity index (χ3n) is 6.17. The molecule has 0 saturated heterocycles. The molecule has 0 bridgehead atoms. The number of methoxy groups -OCH3 is 2. The van der Waals surface area contributed by atoms with E-state index in [0.29, 0.717) is 39.5 Å². The number of esters is 1. The number of carbonyl (C=O) groups excluding carboxylic acids is 1. The fourth-order valence-corrected chi connectivity index (χ4v) is 4.26. The lowest BCUT2D eigenvalue weighted by atomic mass is 9.90. The van der Waals surface area contributed by atoms with Crippen LogP contribution < -0.4 is 15.4 Å². The molecule has 4 rings (SSSR count). The van der Waals surface area contributed by atoms with Gasteiger partial charge in [-0.3, -0.25) is 0 Å². The van der Waals surface area contributed by atoms with E-state index in [-0.39, 0.29) is 6.04 Å². The van der Waals surface area contributed by atoms with Crippen LogP contribution in [0.15, 0.2) is 42.6 Å². The molecule has 184 valence electrons. The first-order valence-corrected chi connectivity index (χ1v) is 11.9. The van der Waals surface area contributed by atoms with Crippen LogP contribution >= 0.6 is 0 Å². The topological polar surface area (TPSA) is 72.5 Å². The Kier molecular flexibility index (Phi) is 7.24. The van der Waals surface area contributed by atoms with Gasteiger partial charge in [-0.25, -0.2) is 14.2 Å². The number of halogens is 1. The molecular weight excluding hydrogens is 445 g/mol. The van der Waals surface area contributed by atoms with E-state index in [4.69, 9.17) is 9.47 Å². The quantitative estimate of drug-likeness (QED) is 0.352. The first-order chi connectivity index (χ1) is 16.8. The summed E-state index contributed by atoms with van der Waals surface area (Å²) in [5, 5.41) is 6.55. The normalized spacial score (nSPS) is 13.0. The fraction of sp³-hybridized carbons (Fsp3) is 0.357. The molecule has 35 heavy (non-hydrogen) atoms. The molecule has 0 spiro atoms. The number of aromatic nitrogens is 1. The van der Waals surface area contributed by atoms with Crippen molar-refractivity contribution in [3.8, 4) is 28.0 Å². The zero-order chi connectivity index (χ0) is 25.1. The van der Waals surface area contributed by atoms with Gasteiger partial charge in [-0.05, 0) is 75.9 Å². The summed E-state index contributed by atoms with van der Waals surface area (Å²) in [5.74, 6) is 1.01. The molecule has 6 nitrogen and oxygen atoms in total. The molecule has 1 fully saturated rings. The number of nitrogens with zero attached hydrogens (tertiary/aromatic N) is 1. The van der Waals surface area contributed by atoms with Gasteiger partial charge in [0, 0.05) is 52.3 Å². The monoisotopic (exact) mass is 477 g/mol. The molecule has 0 radical (unpaired) electrons. The molecule has 0 unspecified atom stereocenters. The molecule has 1 aliphatic rings. The Morgan fingerprint density at radius 2 is 1.91 bits per heavy atom. The van der Waals surface area contributed by atoms with E-state index in [9.17, 15) is 4.79 Å². The number of nitrogens with one attached hydrogen (secondary N) is 2. The van der Waals surface area contributed by atoms with Gasteiger partial charge in [0.15, 0.2) is 0 Å². The molecule has 2 N–H and O–H groups in total. The van der Waals surface area contributed by atoms with Gasteiger partial charge in [0.25, 0.3) is 0 Å². The smallest absolute Gasteiger partial charge is 0.338 e. The SMILES string of the molecule is COC(=O)c1cc(-c2ccc(NCC3CC3)cc2F)c(OC)c(C)c1-c1ccc(NC(C)C)nc1. The van der Waals surface area contributed by atoms with Crippen molar-refractivity contribution in [1.82, 2.24) is 4.98 Å². The van der Waals surface area contributed by atoms with Crippen LogP contribution in [0.3, 0.4) is 0 Å². The first kappa shape index (κ1) is 24.5. The van der Waals surface area contributed by atoms with Gasteiger partial charge in [-0.1, -0.05) is 0 Å². The maximum atomic E-state index is 15.3. The number of ether oxygens (including phenoxy) is 2. The van der Waals surface area contributed by atoms with E-state index in [1.165, 1.54) is 26.0 Å². The fourth-order valence-electron chi connectivity index (χ4n) is 4.26. The van der Waals surface area contributed by atoms with Crippen molar-refractivity contribution in [2.45, 2.75) is 39.7 Å². The third kappa shape index (κ3) is 5.39. The molecule has 0 atom stereocenters. The summed E-state index contributed by atoms with van der Waals surface area (Å²) in [6, 6.07) is 10.7. The lowest BCUT2D eigenvalue weighted by Gasteiger charge is -2.20. The second kappa shape index (κ2) is 10.3. The zero-order valence-corrected chi connectivity index (χ0v) is 20.9. The highest BCUT2D eigenvalue weighted by atomic mass is 19.1. The van der Waals surface area contributed by atoms with Crippen LogP contribution in [0.5, 0.6) is 5.75 Å². The van der Waals surface area contributed by atoms with E-state index < -0.39 is 11.8 Å². The average molecular weight is 478 g/mol. The van der Waals surface area contributed by atoms with Crippen molar-refractivity contribution in [1.29, 1.82) is 0 Å². The molecule has 1 aliphatic carbocycles. The van der Waals surface area contributed by atoms with E-state index in [2.05, 4.69) is 15.6 Å². The Hall–Kier alpha value is -3.61. The molecule has 0 aliphatic heterocycles. The summed E-state index contributed by atoms with van der Waals surface area (Å²) in [6.07, 6.45) is 4.15. The van der Waals surface area contributed by atoms with Gasteiger partial charge in [0.05, 0.1) is 19.8 Å². The van der Waals surface area contributed by atoms with E-state index in [1.807, 2.05) is 39.0 Å². The molecule has 1 heterocycles. The maximum Gasteiger partial charge on any atom is 0.338 e. The molecule has 2 aromatic carbocycles. The number of pyridine rings is 1. The highest BCUT2D eigenvalue weighted by Gasteiger charge is 2.25. The number of rotatable bonds is 9. The van der Waals surface area contributed by atoms with Gasteiger partial charge in [-0.15, -0.1) is 0 Å². The van der Waals surface area contributed by atoms with Crippen LogP contribution in [0.4, 0.5) is 15.9 Å². The van der Waals surface area contributed by atoms with Crippen LogP contribution in [-0.4, -0.2) is 37.8 Å². The van der Waals surface area contributed by atoms with Crippen LogP contribution in [0, 0.1) is 18.7 Å². The number of benzene rings is 2. The number of anilines is 2. The van der Waals surface area contributed by atoms with Crippen molar-refractivity contribution in [2.24, 2.45) is 5.92 Å². The van der Waals surface area contributed by atoms with Crippen LogP contribution in [0.1, 0.15) is 42.6 Å².